The van der Waals surface area contributed by atoms with Crippen LogP contribution in [0.15, 0.2) is 69.9 Å². The Morgan fingerprint density at radius 1 is 0.966 bits per heavy atom. The number of benzene rings is 3. The highest BCUT2D eigenvalue weighted by molar-refractivity contribution is 6.05. The molecule has 0 saturated heterocycles. The topological polar surface area (TPSA) is 42.7 Å². The predicted octanol–water partition coefficient (Wildman–Crippen LogP) is 5.82. The first kappa shape index (κ1) is 17.8. The fourth-order valence-corrected chi connectivity index (χ4v) is 4.07. The molecule has 1 aliphatic rings. The maximum atomic E-state index is 12.5. The summed E-state index contributed by atoms with van der Waals surface area (Å²) in [4.78, 5) is 14.7. The van der Waals surface area contributed by atoms with E-state index in [4.69, 9.17) is 9.15 Å². The highest BCUT2D eigenvalue weighted by Crippen LogP contribution is 2.36. The second kappa shape index (κ2) is 6.96. The molecule has 2 heterocycles. The van der Waals surface area contributed by atoms with Gasteiger partial charge in [-0.3, -0.25) is 0 Å². The molecule has 1 aliphatic heterocycles. The third-order valence-corrected chi connectivity index (χ3v) is 6.01. The number of nitrogens with zero attached hydrogens (tertiary/aromatic N) is 1. The van der Waals surface area contributed by atoms with E-state index in [0.29, 0.717) is 30.2 Å². The van der Waals surface area contributed by atoms with E-state index in [1.54, 1.807) is 0 Å². The number of rotatable bonds is 3. The summed E-state index contributed by atoms with van der Waals surface area (Å²) in [6.45, 7) is 5.56. The van der Waals surface area contributed by atoms with E-state index in [9.17, 15) is 4.79 Å². The average Bonchev–Trinajstić information content (AvgIpc) is 2.78. The Morgan fingerprint density at radius 2 is 1.72 bits per heavy atom. The summed E-state index contributed by atoms with van der Waals surface area (Å²) in [5.41, 5.74) is 3.67. The second-order valence-electron chi connectivity index (χ2n) is 7.73. The first-order chi connectivity index (χ1) is 14.2. The summed E-state index contributed by atoms with van der Waals surface area (Å²) in [6, 6.07) is 20.2. The molecule has 0 fully saturated rings. The Kier molecular flexibility index (Phi) is 4.27. The molecular formula is C25H23NO3. The van der Waals surface area contributed by atoms with Gasteiger partial charge in [-0.25, -0.2) is 4.79 Å². The van der Waals surface area contributed by atoms with Crippen LogP contribution < -0.4 is 15.3 Å². The molecule has 1 atom stereocenters. The molecule has 0 N–H and O–H groups in total. The molecule has 0 aliphatic carbocycles. The first-order valence-corrected chi connectivity index (χ1v) is 10.1. The van der Waals surface area contributed by atoms with Crippen LogP contribution in [0.25, 0.3) is 21.7 Å². The van der Waals surface area contributed by atoms with Crippen LogP contribution in [-0.2, 0) is 6.54 Å². The van der Waals surface area contributed by atoms with Crippen molar-refractivity contribution in [3.8, 4) is 5.75 Å². The van der Waals surface area contributed by atoms with Crippen molar-refractivity contribution in [1.82, 2.24) is 0 Å². The molecule has 146 valence electrons. The lowest BCUT2D eigenvalue weighted by Crippen LogP contribution is -2.32. The molecule has 5 rings (SSSR count). The van der Waals surface area contributed by atoms with Gasteiger partial charge < -0.3 is 14.1 Å². The zero-order chi connectivity index (χ0) is 20.0. The van der Waals surface area contributed by atoms with Crippen LogP contribution in [0.5, 0.6) is 5.75 Å². The summed E-state index contributed by atoms with van der Waals surface area (Å²) in [7, 11) is 0. The maximum absolute atomic E-state index is 12.5. The lowest BCUT2D eigenvalue weighted by Gasteiger charge is -2.31. The lowest BCUT2D eigenvalue weighted by atomic mass is 9.98. The van der Waals surface area contributed by atoms with Crippen molar-refractivity contribution >= 4 is 27.4 Å². The second-order valence-corrected chi connectivity index (χ2v) is 7.73. The average molecular weight is 385 g/mol. The zero-order valence-electron chi connectivity index (χ0n) is 16.6. The van der Waals surface area contributed by atoms with Gasteiger partial charge in [-0.15, -0.1) is 0 Å². The third kappa shape index (κ3) is 2.96. The van der Waals surface area contributed by atoms with Crippen molar-refractivity contribution < 1.29 is 9.15 Å². The minimum Gasteiger partial charge on any atom is -0.473 e. The standard InChI is InChI=1S/C25H23NO3/c1-3-16(2)17-8-10-18(11-9-17)26-14-22-23(28-15-26)13-12-20-19-6-4-5-7-21(19)25(27)29-24(20)22/h4-13,16H,3,14-15H2,1-2H3/t16-/m1/s1. The van der Waals surface area contributed by atoms with Crippen molar-refractivity contribution in [2.45, 2.75) is 32.7 Å². The minimum atomic E-state index is -0.309. The van der Waals surface area contributed by atoms with Gasteiger partial charge in [0.25, 0.3) is 0 Å². The molecule has 0 saturated carbocycles. The van der Waals surface area contributed by atoms with Crippen LogP contribution in [-0.4, -0.2) is 6.73 Å². The smallest absolute Gasteiger partial charge is 0.344 e. The lowest BCUT2D eigenvalue weighted by molar-refractivity contribution is 0.289. The van der Waals surface area contributed by atoms with E-state index in [1.165, 1.54) is 5.56 Å². The molecule has 0 unspecified atom stereocenters. The van der Waals surface area contributed by atoms with Gasteiger partial charge in [0.15, 0.2) is 6.73 Å². The molecular weight excluding hydrogens is 362 g/mol. The van der Waals surface area contributed by atoms with Gasteiger partial charge in [0.05, 0.1) is 17.5 Å². The number of anilines is 1. The molecule has 4 nitrogen and oxygen atoms in total. The summed E-state index contributed by atoms with van der Waals surface area (Å²) < 4.78 is 11.8. The SMILES string of the molecule is CC[C@@H](C)c1ccc(N2COc3ccc4c(oc(=O)c5ccccc54)c3C2)cc1. The van der Waals surface area contributed by atoms with Gasteiger partial charge in [0.2, 0.25) is 0 Å². The fourth-order valence-electron chi connectivity index (χ4n) is 4.07. The highest BCUT2D eigenvalue weighted by Gasteiger charge is 2.23. The van der Waals surface area contributed by atoms with Gasteiger partial charge in [0.1, 0.15) is 11.3 Å². The summed E-state index contributed by atoms with van der Waals surface area (Å²) in [5.74, 6) is 1.33. The molecule has 0 radical (unpaired) electrons. The molecule has 0 spiro atoms. The molecule has 4 aromatic rings. The van der Waals surface area contributed by atoms with E-state index in [-0.39, 0.29) is 5.63 Å². The Morgan fingerprint density at radius 3 is 2.48 bits per heavy atom. The number of fused-ring (bicyclic) bond motifs is 5. The van der Waals surface area contributed by atoms with Crippen molar-refractivity contribution in [2.75, 3.05) is 11.6 Å². The fraction of sp³-hybridized carbons (Fsp3) is 0.240. The maximum Gasteiger partial charge on any atom is 0.344 e. The Hall–Kier alpha value is -3.27. The van der Waals surface area contributed by atoms with Gasteiger partial charge in [-0.05, 0) is 53.6 Å². The number of ether oxygens (including phenoxy) is 1. The van der Waals surface area contributed by atoms with E-state index < -0.39 is 0 Å². The quantitative estimate of drug-likeness (QED) is 0.329. The first-order valence-electron chi connectivity index (χ1n) is 10.1. The number of hydrogen-bond donors (Lipinski definition) is 0. The van der Waals surface area contributed by atoms with Crippen LogP contribution in [0.1, 0.15) is 37.3 Å². The zero-order valence-corrected chi connectivity index (χ0v) is 16.6. The van der Waals surface area contributed by atoms with Crippen molar-refractivity contribution in [2.24, 2.45) is 0 Å². The van der Waals surface area contributed by atoms with Gasteiger partial charge in [-0.2, -0.15) is 0 Å². The van der Waals surface area contributed by atoms with Crippen LogP contribution in [0, 0.1) is 0 Å². The van der Waals surface area contributed by atoms with Crippen LogP contribution in [0.3, 0.4) is 0 Å². The summed E-state index contributed by atoms with van der Waals surface area (Å²) in [6.07, 6.45) is 1.12. The predicted molar refractivity (Wildman–Crippen MR) is 117 cm³/mol. The Balaban J connectivity index is 1.58. The van der Waals surface area contributed by atoms with E-state index in [1.807, 2.05) is 36.4 Å². The summed E-state index contributed by atoms with van der Waals surface area (Å²) >= 11 is 0. The monoisotopic (exact) mass is 385 g/mol. The van der Waals surface area contributed by atoms with Crippen molar-refractivity contribution in [3.63, 3.8) is 0 Å². The summed E-state index contributed by atoms with van der Waals surface area (Å²) in [5, 5.41) is 2.46. The molecule has 4 heteroatoms. The van der Waals surface area contributed by atoms with Gasteiger partial charge >= 0.3 is 5.63 Å². The third-order valence-electron chi connectivity index (χ3n) is 6.01. The molecule has 0 bridgehead atoms. The van der Waals surface area contributed by atoms with Gasteiger partial charge in [-0.1, -0.05) is 44.2 Å². The molecule has 3 aromatic carbocycles. The molecule has 1 aromatic heterocycles. The Bertz CT molecular complexity index is 1260. The van der Waals surface area contributed by atoms with E-state index in [2.05, 4.69) is 43.0 Å². The van der Waals surface area contributed by atoms with Gasteiger partial charge in [0, 0.05) is 11.1 Å². The Labute approximate surface area is 169 Å². The molecule has 0 amide bonds. The van der Waals surface area contributed by atoms with Crippen molar-refractivity contribution in [3.05, 3.63) is 82.2 Å². The van der Waals surface area contributed by atoms with E-state index >= 15 is 0 Å². The largest absolute Gasteiger partial charge is 0.473 e. The highest BCUT2D eigenvalue weighted by atomic mass is 16.5. The normalized spacial score (nSPS) is 14.6. The van der Waals surface area contributed by atoms with E-state index in [0.717, 1.165) is 34.2 Å². The number of hydrogen-bond acceptors (Lipinski definition) is 4. The minimum absolute atomic E-state index is 0.309. The van der Waals surface area contributed by atoms with Crippen LogP contribution in [0.2, 0.25) is 0 Å². The molecule has 29 heavy (non-hydrogen) atoms. The van der Waals surface area contributed by atoms with Crippen molar-refractivity contribution in [1.29, 1.82) is 0 Å². The van der Waals surface area contributed by atoms with Crippen LogP contribution >= 0.6 is 0 Å². The van der Waals surface area contributed by atoms with Crippen LogP contribution in [0.4, 0.5) is 5.69 Å².